The summed E-state index contributed by atoms with van der Waals surface area (Å²) in [5.74, 6) is 0. The van der Waals surface area contributed by atoms with Gasteiger partial charge in [0.2, 0.25) is 0 Å². The van der Waals surface area contributed by atoms with Crippen molar-refractivity contribution in [3.63, 3.8) is 0 Å². The van der Waals surface area contributed by atoms with Crippen molar-refractivity contribution < 1.29 is 10.2 Å². The Hall–Kier alpha value is -1.72. The lowest BCUT2D eigenvalue weighted by molar-refractivity contribution is 0.182. The van der Waals surface area contributed by atoms with Gasteiger partial charge in [-0.05, 0) is 35.1 Å². The summed E-state index contributed by atoms with van der Waals surface area (Å²) >= 11 is 0. The fourth-order valence-corrected chi connectivity index (χ4v) is 4.17. The molecule has 0 amide bonds. The van der Waals surface area contributed by atoms with E-state index in [1.54, 1.807) is 0 Å². The highest BCUT2D eigenvalue weighted by molar-refractivity contribution is 5.40. The Morgan fingerprint density at radius 2 is 1.12 bits per heavy atom. The second-order valence-corrected chi connectivity index (χ2v) is 6.85. The van der Waals surface area contributed by atoms with E-state index < -0.39 is 0 Å². The van der Waals surface area contributed by atoms with Crippen LogP contribution in [0.25, 0.3) is 0 Å². The molecule has 0 saturated heterocycles. The smallest absolute Gasteiger partial charge is 0.0588 e. The fourth-order valence-electron chi connectivity index (χ4n) is 4.17. The fraction of sp³-hybridized carbons (Fsp3) is 0.400. The molecule has 0 bridgehead atoms. The summed E-state index contributed by atoms with van der Waals surface area (Å²) in [6, 6.07) is 17.2. The van der Waals surface area contributed by atoms with Crippen LogP contribution in [0.5, 0.6) is 0 Å². The molecular weight excluding hydrogens is 300 g/mol. The Morgan fingerprint density at radius 1 is 0.708 bits per heavy atom. The average Bonchev–Trinajstić information content (AvgIpc) is 2.66. The van der Waals surface area contributed by atoms with E-state index in [-0.39, 0.29) is 37.4 Å². The van der Waals surface area contributed by atoms with Crippen LogP contribution in [-0.4, -0.2) is 35.5 Å². The molecule has 4 nitrogen and oxygen atoms in total. The third-order valence-electron chi connectivity index (χ3n) is 5.32. The monoisotopic (exact) mass is 324 g/mol. The molecule has 0 spiro atoms. The molecule has 0 fully saturated rings. The van der Waals surface area contributed by atoms with Crippen LogP contribution in [0.1, 0.15) is 34.3 Å². The van der Waals surface area contributed by atoms with Crippen molar-refractivity contribution in [1.82, 2.24) is 10.6 Å². The topological polar surface area (TPSA) is 64.5 Å². The van der Waals surface area contributed by atoms with Gasteiger partial charge < -0.3 is 20.8 Å². The zero-order valence-corrected chi connectivity index (χ0v) is 13.7. The summed E-state index contributed by atoms with van der Waals surface area (Å²) in [5, 5.41) is 26.6. The number of aliphatic hydroxyl groups excluding tert-OH is 2. The highest BCUT2D eigenvalue weighted by atomic mass is 16.3. The molecule has 2 aromatic rings. The van der Waals surface area contributed by atoms with Crippen LogP contribution in [0.3, 0.4) is 0 Å². The van der Waals surface area contributed by atoms with Gasteiger partial charge in [0, 0.05) is 12.1 Å². The Bertz CT molecular complexity index is 657. The molecule has 4 rings (SSSR count). The Labute approximate surface area is 142 Å². The van der Waals surface area contributed by atoms with E-state index in [2.05, 4.69) is 59.2 Å². The molecule has 4 N–H and O–H groups in total. The van der Waals surface area contributed by atoms with Crippen molar-refractivity contribution in [2.24, 2.45) is 0 Å². The average molecular weight is 324 g/mol. The number of aliphatic hydroxyl groups is 2. The maximum atomic E-state index is 9.70. The van der Waals surface area contributed by atoms with Crippen LogP contribution in [0, 0.1) is 0 Å². The Morgan fingerprint density at radius 3 is 1.54 bits per heavy atom. The van der Waals surface area contributed by atoms with Gasteiger partial charge in [-0.25, -0.2) is 0 Å². The van der Waals surface area contributed by atoms with E-state index >= 15 is 0 Å². The van der Waals surface area contributed by atoms with E-state index in [0.29, 0.717) is 0 Å². The first kappa shape index (κ1) is 15.8. The van der Waals surface area contributed by atoms with Crippen molar-refractivity contribution in [3.05, 3.63) is 70.8 Å². The van der Waals surface area contributed by atoms with Crippen LogP contribution in [0.2, 0.25) is 0 Å². The zero-order valence-electron chi connectivity index (χ0n) is 13.7. The lowest BCUT2D eigenvalue weighted by atomic mass is 9.80. The van der Waals surface area contributed by atoms with Gasteiger partial charge in [0.15, 0.2) is 0 Å². The molecule has 0 aliphatic carbocycles. The highest BCUT2D eigenvalue weighted by Gasteiger charge is 2.36. The van der Waals surface area contributed by atoms with E-state index in [1.165, 1.54) is 22.3 Å². The number of rotatable bonds is 3. The van der Waals surface area contributed by atoms with Gasteiger partial charge in [-0.2, -0.15) is 0 Å². The summed E-state index contributed by atoms with van der Waals surface area (Å²) in [6.45, 7) is 0.255. The lowest BCUT2D eigenvalue weighted by Crippen LogP contribution is -2.51. The van der Waals surface area contributed by atoms with Gasteiger partial charge in [0.1, 0.15) is 0 Å². The minimum atomic E-state index is 0.0633. The third-order valence-corrected chi connectivity index (χ3v) is 5.32. The Balaban J connectivity index is 1.77. The molecule has 24 heavy (non-hydrogen) atoms. The molecule has 2 aliphatic rings. The molecular formula is C20H24N2O2. The summed E-state index contributed by atoms with van der Waals surface area (Å²) in [7, 11) is 0. The maximum Gasteiger partial charge on any atom is 0.0588 e. The van der Waals surface area contributed by atoms with Gasteiger partial charge in [0.05, 0.1) is 25.3 Å². The van der Waals surface area contributed by atoms with Crippen molar-refractivity contribution >= 4 is 0 Å². The molecule has 4 unspecified atom stereocenters. The maximum absolute atomic E-state index is 9.70. The first-order chi connectivity index (χ1) is 11.8. The first-order valence-electron chi connectivity index (χ1n) is 8.69. The summed E-state index contributed by atoms with van der Waals surface area (Å²) in [4.78, 5) is 0. The molecule has 0 radical (unpaired) electrons. The van der Waals surface area contributed by atoms with Gasteiger partial charge >= 0.3 is 0 Å². The number of hydrogen-bond acceptors (Lipinski definition) is 4. The van der Waals surface area contributed by atoms with Crippen LogP contribution in [0.15, 0.2) is 48.5 Å². The van der Waals surface area contributed by atoms with Crippen LogP contribution >= 0.6 is 0 Å². The van der Waals surface area contributed by atoms with Crippen molar-refractivity contribution in [1.29, 1.82) is 0 Å². The normalized spacial score (nSPS) is 28.9. The molecule has 4 atom stereocenters. The number of nitrogens with one attached hydrogen (secondary N) is 2. The predicted octanol–water partition coefficient (Wildman–Crippen LogP) is 1.48. The predicted molar refractivity (Wildman–Crippen MR) is 93.8 cm³/mol. The van der Waals surface area contributed by atoms with E-state index in [4.69, 9.17) is 0 Å². The highest BCUT2D eigenvalue weighted by Crippen LogP contribution is 2.38. The molecule has 4 heteroatoms. The van der Waals surface area contributed by atoms with Gasteiger partial charge in [-0.1, -0.05) is 48.5 Å². The molecule has 2 aliphatic heterocycles. The number of fused-ring (bicyclic) bond motifs is 2. The summed E-state index contributed by atoms with van der Waals surface area (Å²) in [6.07, 6.45) is 1.70. The van der Waals surface area contributed by atoms with Crippen LogP contribution in [-0.2, 0) is 12.8 Å². The second-order valence-electron chi connectivity index (χ2n) is 6.85. The molecule has 126 valence electrons. The number of benzene rings is 2. The van der Waals surface area contributed by atoms with Crippen molar-refractivity contribution in [2.45, 2.75) is 37.0 Å². The minimum absolute atomic E-state index is 0.0633. The van der Waals surface area contributed by atoms with Gasteiger partial charge in [0.25, 0.3) is 0 Å². The zero-order chi connectivity index (χ0) is 16.5. The standard InChI is InChI=1S/C20H24N2O2/c23-11-15-9-13-5-1-3-7-17(13)19(21-15)20-18-8-4-2-6-14(18)10-16(12-24)22-20/h1-8,15-16,19-24H,9-12H2. The van der Waals surface area contributed by atoms with E-state index in [0.717, 1.165) is 12.8 Å². The van der Waals surface area contributed by atoms with E-state index in [9.17, 15) is 10.2 Å². The lowest BCUT2D eigenvalue weighted by Gasteiger charge is -2.42. The quantitative estimate of drug-likeness (QED) is 0.691. The first-order valence-corrected chi connectivity index (χ1v) is 8.69. The minimum Gasteiger partial charge on any atom is -0.395 e. The molecule has 0 saturated carbocycles. The summed E-state index contributed by atoms with van der Waals surface area (Å²) < 4.78 is 0. The third kappa shape index (κ3) is 2.76. The van der Waals surface area contributed by atoms with Crippen LogP contribution < -0.4 is 10.6 Å². The molecule has 2 heterocycles. The van der Waals surface area contributed by atoms with Gasteiger partial charge in [-0.3, -0.25) is 0 Å². The van der Waals surface area contributed by atoms with Crippen molar-refractivity contribution in [3.8, 4) is 0 Å². The van der Waals surface area contributed by atoms with Crippen LogP contribution in [0.4, 0.5) is 0 Å². The SMILES string of the molecule is OCC1Cc2ccccc2C(C2NC(CO)Cc3ccccc32)N1. The molecule has 0 aromatic heterocycles. The van der Waals surface area contributed by atoms with Crippen molar-refractivity contribution in [2.75, 3.05) is 13.2 Å². The number of hydrogen-bond donors (Lipinski definition) is 4. The summed E-state index contributed by atoms with van der Waals surface area (Å²) in [5.41, 5.74) is 5.16. The largest absolute Gasteiger partial charge is 0.395 e. The second kappa shape index (κ2) is 6.65. The van der Waals surface area contributed by atoms with Gasteiger partial charge in [-0.15, -0.1) is 0 Å². The molecule has 2 aromatic carbocycles. The Kier molecular flexibility index (Phi) is 4.37. The van der Waals surface area contributed by atoms with E-state index in [1.807, 2.05) is 0 Å².